The van der Waals surface area contributed by atoms with E-state index in [1.807, 2.05) is 19.1 Å². The first kappa shape index (κ1) is 22.3. The van der Waals surface area contributed by atoms with E-state index in [1.54, 1.807) is 17.2 Å². The summed E-state index contributed by atoms with van der Waals surface area (Å²) in [7, 11) is 0. The van der Waals surface area contributed by atoms with Crippen LogP contribution in [0.4, 0.5) is 23.1 Å². The predicted molar refractivity (Wildman–Crippen MR) is 124 cm³/mol. The van der Waals surface area contributed by atoms with Gasteiger partial charge in [-0.3, -0.25) is 9.69 Å². The Morgan fingerprint density at radius 3 is 2.56 bits per heavy atom. The smallest absolute Gasteiger partial charge is 0.249 e. The van der Waals surface area contributed by atoms with Crippen LogP contribution >= 0.6 is 12.4 Å². The van der Waals surface area contributed by atoms with Gasteiger partial charge >= 0.3 is 0 Å². The van der Waals surface area contributed by atoms with Gasteiger partial charge in [0.15, 0.2) is 0 Å². The number of benzene rings is 1. The molecule has 2 aliphatic heterocycles. The molecule has 1 aromatic carbocycles. The quantitative estimate of drug-likeness (QED) is 0.738. The van der Waals surface area contributed by atoms with Gasteiger partial charge in [-0.1, -0.05) is 0 Å². The normalized spacial score (nSPS) is 25.2. The minimum Gasteiger partial charge on any atom is -0.378 e. The number of aromatic nitrogens is 2. The van der Waals surface area contributed by atoms with Crippen LogP contribution in [0.5, 0.6) is 0 Å². The van der Waals surface area contributed by atoms with E-state index in [2.05, 4.69) is 38.4 Å². The number of anilines is 4. The van der Waals surface area contributed by atoms with Gasteiger partial charge in [-0.2, -0.15) is 10.2 Å². The van der Waals surface area contributed by atoms with Crippen molar-refractivity contribution in [3.63, 3.8) is 0 Å². The second-order valence-corrected chi connectivity index (χ2v) is 8.60. The van der Waals surface area contributed by atoms with E-state index in [1.165, 1.54) is 0 Å². The van der Waals surface area contributed by atoms with Crippen LogP contribution in [0.15, 0.2) is 36.5 Å². The zero-order valence-electron chi connectivity index (χ0n) is 18.0. The van der Waals surface area contributed by atoms with Crippen LogP contribution in [0.25, 0.3) is 0 Å². The summed E-state index contributed by atoms with van der Waals surface area (Å²) in [4.78, 5) is 26.1. The van der Waals surface area contributed by atoms with Gasteiger partial charge in [-0.25, -0.2) is 4.98 Å². The van der Waals surface area contributed by atoms with Crippen LogP contribution in [0.3, 0.4) is 0 Å². The molecule has 0 spiro atoms. The SMILES string of the molecule is C[C@@H]1C[C@@](C#N)(C2CC2)C(=O)N1c1ccnc(Nc2ccc(N3CCOCC3)cc2)n1.Cl. The lowest BCUT2D eigenvalue weighted by atomic mass is 9.81. The second kappa shape index (κ2) is 8.93. The maximum absolute atomic E-state index is 13.2. The third-order valence-electron chi connectivity index (χ3n) is 6.52. The molecule has 2 aromatic rings. The number of halogens is 1. The number of nitrogens with zero attached hydrogens (tertiary/aromatic N) is 5. The highest BCUT2D eigenvalue weighted by Gasteiger charge is 2.59. The fourth-order valence-corrected chi connectivity index (χ4v) is 4.74. The summed E-state index contributed by atoms with van der Waals surface area (Å²) in [5.41, 5.74) is 1.14. The Morgan fingerprint density at radius 1 is 1.19 bits per heavy atom. The summed E-state index contributed by atoms with van der Waals surface area (Å²) in [5.74, 6) is 1.03. The molecule has 3 heterocycles. The standard InChI is InChI=1S/C23H26N6O2.ClH/c1-16-14-23(15-24,17-2-3-17)21(30)29(16)20-8-9-25-22(27-20)26-18-4-6-19(7-5-18)28-10-12-31-13-11-28;/h4-9,16-17H,2-3,10-14H2,1H3,(H,25,26,27);1H/t16-,23-;/m1./s1. The van der Waals surface area contributed by atoms with Crippen molar-refractivity contribution in [3.8, 4) is 6.07 Å². The number of carbonyl (C=O) groups excluding carboxylic acids is 1. The Morgan fingerprint density at radius 2 is 1.91 bits per heavy atom. The van der Waals surface area contributed by atoms with Crippen LogP contribution in [-0.4, -0.2) is 48.2 Å². The van der Waals surface area contributed by atoms with Gasteiger partial charge in [0.25, 0.3) is 0 Å². The minimum absolute atomic E-state index is 0. The van der Waals surface area contributed by atoms with E-state index >= 15 is 0 Å². The van der Waals surface area contributed by atoms with E-state index in [9.17, 15) is 10.1 Å². The van der Waals surface area contributed by atoms with Gasteiger partial charge in [0.05, 0.1) is 19.3 Å². The first-order valence-electron chi connectivity index (χ1n) is 10.9. The molecule has 3 aliphatic rings. The van der Waals surface area contributed by atoms with Crippen molar-refractivity contribution in [2.45, 2.75) is 32.2 Å². The van der Waals surface area contributed by atoms with Crippen LogP contribution in [0.2, 0.25) is 0 Å². The van der Waals surface area contributed by atoms with E-state index in [0.29, 0.717) is 18.2 Å². The fraction of sp³-hybridized carbons (Fsp3) is 0.478. The third kappa shape index (κ3) is 3.98. The molecule has 1 aliphatic carbocycles. The predicted octanol–water partition coefficient (Wildman–Crippen LogP) is 3.52. The molecule has 0 unspecified atom stereocenters. The number of hydrogen-bond donors (Lipinski definition) is 1. The molecule has 1 N–H and O–H groups in total. The molecule has 9 heteroatoms. The van der Waals surface area contributed by atoms with E-state index in [0.717, 1.165) is 50.5 Å². The summed E-state index contributed by atoms with van der Waals surface area (Å²) in [6, 6.07) is 12.2. The van der Waals surface area contributed by atoms with Crippen LogP contribution in [0, 0.1) is 22.7 Å². The molecule has 8 nitrogen and oxygen atoms in total. The van der Waals surface area contributed by atoms with Crippen molar-refractivity contribution in [2.75, 3.05) is 41.4 Å². The lowest BCUT2D eigenvalue weighted by molar-refractivity contribution is -0.123. The van der Waals surface area contributed by atoms with E-state index in [4.69, 9.17) is 4.74 Å². The van der Waals surface area contributed by atoms with Crippen LogP contribution in [0.1, 0.15) is 26.2 Å². The minimum atomic E-state index is -0.896. The maximum Gasteiger partial charge on any atom is 0.249 e. The molecule has 1 amide bonds. The molecule has 3 fully saturated rings. The number of amides is 1. The third-order valence-corrected chi connectivity index (χ3v) is 6.52. The van der Waals surface area contributed by atoms with Gasteiger partial charge in [-0.15, -0.1) is 12.4 Å². The van der Waals surface area contributed by atoms with Crippen molar-refractivity contribution < 1.29 is 9.53 Å². The summed E-state index contributed by atoms with van der Waals surface area (Å²) < 4.78 is 5.41. The number of hydrogen-bond acceptors (Lipinski definition) is 7. The number of nitriles is 1. The highest BCUT2D eigenvalue weighted by Crippen LogP contribution is 2.53. The lowest BCUT2D eigenvalue weighted by Crippen LogP contribution is -2.37. The molecular formula is C23H27ClN6O2. The summed E-state index contributed by atoms with van der Waals surface area (Å²) in [6.45, 7) is 5.28. The largest absolute Gasteiger partial charge is 0.378 e. The highest BCUT2D eigenvalue weighted by molar-refractivity contribution is 6.02. The zero-order valence-corrected chi connectivity index (χ0v) is 18.8. The number of morpholine rings is 1. The van der Waals surface area contributed by atoms with Gasteiger partial charge < -0.3 is 15.0 Å². The number of rotatable bonds is 5. The average Bonchev–Trinajstić information content (AvgIpc) is 3.61. The Labute approximate surface area is 194 Å². The monoisotopic (exact) mass is 454 g/mol. The average molecular weight is 455 g/mol. The van der Waals surface area contributed by atoms with Gasteiger partial charge in [0.2, 0.25) is 11.9 Å². The number of carbonyl (C=O) groups is 1. The van der Waals surface area contributed by atoms with Crippen molar-refractivity contribution in [1.82, 2.24) is 9.97 Å². The van der Waals surface area contributed by atoms with Gasteiger partial charge in [0, 0.05) is 36.7 Å². The van der Waals surface area contributed by atoms with Crippen molar-refractivity contribution >= 4 is 41.5 Å². The van der Waals surface area contributed by atoms with Crippen molar-refractivity contribution in [1.29, 1.82) is 5.26 Å². The molecule has 1 saturated carbocycles. The highest BCUT2D eigenvalue weighted by atomic mass is 35.5. The molecule has 1 aromatic heterocycles. The van der Waals surface area contributed by atoms with E-state index in [-0.39, 0.29) is 30.3 Å². The molecule has 5 rings (SSSR count). The summed E-state index contributed by atoms with van der Waals surface area (Å²) >= 11 is 0. The maximum atomic E-state index is 13.2. The number of nitrogens with one attached hydrogen (secondary N) is 1. The Hall–Kier alpha value is -2.89. The molecule has 0 radical (unpaired) electrons. The summed E-state index contributed by atoms with van der Waals surface area (Å²) in [5, 5.41) is 13.0. The Bertz CT molecular complexity index is 1020. The molecule has 168 valence electrons. The second-order valence-electron chi connectivity index (χ2n) is 8.60. The molecule has 32 heavy (non-hydrogen) atoms. The van der Waals surface area contributed by atoms with Crippen molar-refractivity contribution in [3.05, 3.63) is 36.5 Å². The molecule has 2 atom stereocenters. The Balaban J connectivity index is 0.00000245. The van der Waals surface area contributed by atoms with Crippen molar-refractivity contribution in [2.24, 2.45) is 11.3 Å². The van der Waals surface area contributed by atoms with Gasteiger partial charge in [-0.05, 0) is 62.4 Å². The molecular weight excluding hydrogens is 428 g/mol. The topological polar surface area (TPSA) is 94.4 Å². The van der Waals surface area contributed by atoms with Crippen LogP contribution in [-0.2, 0) is 9.53 Å². The Kier molecular flexibility index (Phi) is 6.22. The van der Waals surface area contributed by atoms with Gasteiger partial charge in [0.1, 0.15) is 11.2 Å². The first-order chi connectivity index (χ1) is 15.1. The zero-order chi connectivity index (χ0) is 21.4. The molecule has 0 bridgehead atoms. The fourth-order valence-electron chi connectivity index (χ4n) is 4.74. The lowest BCUT2D eigenvalue weighted by Gasteiger charge is -2.28. The first-order valence-corrected chi connectivity index (χ1v) is 10.9. The molecule has 2 saturated heterocycles. The van der Waals surface area contributed by atoms with E-state index < -0.39 is 5.41 Å². The number of ether oxygens (including phenoxy) is 1. The summed E-state index contributed by atoms with van der Waals surface area (Å²) in [6.07, 6.45) is 4.12. The van der Waals surface area contributed by atoms with Crippen LogP contribution < -0.4 is 15.1 Å².